The molecule has 0 saturated heterocycles. The van der Waals surface area contributed by atoms with E-state index in [0.29, 0.717) is 12.0 Å². The summed E-state index contributed by atoms with van der Waals surface area (Å²) in [6.07, 6.45) is 0.341. The predicted octanol–water partition coefficient (Wildman–Crippen LogP) is 1.84. The highest BCUT2D eigenvalue weighted by Crippen LogP contribution is 2.33. The Labute approximate surface area is 91.6 Å². The Morgan fingerprint density at radius 3 is 2.73 bits per heavy atom. The lowest BCUT2D eigenvalue weighted by molar-refractivity contribution is -0.385. The van der Waals surface area contributed by atoms with Gasteiger partial charge in [0.1, 0.15) is 0 Å². The van der Waals surface area contributed by atoms with Gasteiger partial charge in [-0.2, -0.15) is 0 Å². The third-order valence-corrected chi connectivity index (χ3v) is 2.09. The minimum absolute atomic E-state index is 0.200. The number of nitrogens with two attached hydrogens (primary N) is 1. The number of phenolic OH excluding ortho intramolecular Hbond substituents is 1. The molecule has 6 heteroatoms. The lowest BCUT2D eigenvalue weighted by Crippen LogP contribution is -2.17. The van der Waals surface area contributed by atoms with Crippen molar-refractivity contribution in [1.29, 1.82) is 0 Å². The molecule has 0 radical (unpaired) electrons. The summed E-state index contributed by atoms with van der Waals surface area (Å²) in [6, 6.07) is 2.39. The second-order valence-corrected chi connectivity index (χ2v) is 3.81. The van der Waals surface area contributed by atoms with Crippen molar-refractivity contribution in [1.82, 2.24) is 0 Å². The fourth-order valence-electron chi connectivity index (χ4n) is 1.28. The fraction of sp³-hybridized carbons (Fsp3) is 0.333. The van der Waals surface area contributed by atoms with Gasteiger partial charge < -0.3 is 10.8 Å². The SMILES string of the molecule is CC(N)Cc1cc(Cl)cc([N+](=O)[O-])c1O. The van der Waals surface area contributed by atoms with Crippen LogP contribution in [0.5, 0.6) is 5.75 Å². The highest BCUT2D eigenvalue weighted by atomic mass is 35.5. The molecule has 15 heavy (non-hydrogen) atoms. The number of phenols is 1. The van der Waals surface area contributed by atoms with E-state index in [4.69, 9.17) is 17.3 Å². The number of hydrogen-bond donors (Lipinski definition) is 2. The van der Waals surface area contributed by atoms with Gasteiger partial charge >= 0.3 is 5.69 Å². The van der Waals surface area contributed by atoms with E-state index in [0.717, 1.165) is 6.07 Å². The molecule has 0 bridgehead atoms. The van der Waals surface area contributed by atoms with Crippen LogP contribution in [-0.2, 0) is 6.42 Å². The number of hydrogen-bond acceptors (Lipinski definition) is 4. The Bertz CT molecular complexity index is 393. The number of nitro benzene ring substituents is 1. The van der Waals surface area contributed by atoms with Gasteiger partial charge in [-0.05, 0) is 19.4 Å². The van der Waals surface area contributed by atoms with Gasteiger partial charge in [-0.15, -0.1) is 0 Å². The van der Waals surface area contributed by atoms with Crippen LogP contribution in [0.1, 0.15) is 12.5 Å². The topological polar surface area (TPSA) is 89.4 Å². The van der Waals surface area contributed by atoms with Crippen molar-refractivity contribution in [2.75, 3.05) is 0 Å². The number of halogens is 1. The van der Waals surface area contributed by atoms with Crippen LogP contribution in [0.3, 0.4) is 0 Å². The summed E-state index contributed by atoms with van der Waals surface area (Å²) in [5, 5.41) is 20.4. The third kappa shape index (κ3) is 2.81. The molecule has 0 spiro atoms. The maximum absolute atomic E-state index is 10.6. The smallest absolute Gasteiger partial charge is 0.312 e. The predicted molar refractivity (Wildman–Crippen MR) is 57.1 cm³/mol. The van der Waals surface area contributed by atoms with Gasteiger partial charge in [-0.3, -0.25) is 10.1 Å². The number of nitrogens with zero attached hydrogens (tertiary/aromatic N) is 1. The van der Waals surface area contributed by atoms with Crippen molar-refractivity contribution >= 4 is 17.3 Å². The highest BCUT2D eigenvalue weighted by molar-refractivity contribution is 6.31. The van der Waals surface area contributed by atoms with Crippen molar-refractivity contribution in [2.24, 2.45) is 5.73 Å². The third-order valence-electron chi connectivity index (χ3n) is 1.87. The molecule has 1 aromatic rings. The summed E-state index contributed by atoms with van der Waals surface area (Å²) in [5.74, 6) is -0.360. The Hall–Kier alpha value is -1.33. The molecular weight excluding hydrogens is 220 g/mol. The molecule has 0 aliphatic carbocycles. The highest BCUT2D eigenvalue weighted by Gasteiger charge is 2.18. The van der Waals surface area contributed by atoms with E-state index in [-0.39, 0.29) is 16.8 Å². The summed E-state index contributed by atoms with van der Waals surface area (Å²) in [7, 11) is 0. The molecule has 5 nitrogen and oxygen atoms in total. The molecule has 0 amide bonds. The van der Waals surface area contributed by atoms with Crippen LogP contribution in [0.4, 0.5) is 5.69 Å². The van der Waals surface area contributed by atoms with Crippen LogP contribution in [0.25, 0.3) is 0 Å². The summed E-state index contributed by atoms with van der Waals surface area (Å²) in [6.45, 7) is 1.74. The van der Waals surface area contributed by atoms with Gasteiger partial charge in [0.05, 0.1) is 4.92 Å². The Morgan fingerprint density at radius 1 is 1.67 bits per heavy atom. The number of aromatic hydroxyl groups is 1. The maximum atomic E-state index is 10.6. The van der Waals surface area contributed by atoms with E-state index in [1.807, 2.05) is 0 Å². The van der Waals surface area contributed by atoms with Gasteiger partial charge in [0.15, 0.2) is 5.75 Å². The largest absolute Gasteiger partial charge is 0.502 e. The second-order valence-electron chi connectivity index (χ2n) is 3.37. The van der Waals surface area contributed by atoms with Crippen molar-refractivity contribution in [3.8, 4) is 5.75 Å². The fourth-order valence-corrected chi connectivity index (χ4v) is 1.52. The zero-order valence-corrected chi connectivity index (χ0v) is 8.86. The quantitative estimate of drug-likeness (QED) is 0.613. The first-order chi connectivity index (χ1) is 6.91. The molecule has 1 atom stereocenters. The van der Waals surface area contributed by atoms with Crippen molar-refractivity contribution < 1.29 is 10.0 Å². The second kappa shape index (κ2) is 4.46. The summed E-state index contributed by atoms with van der Waals surface area (Å²) in [4.78, 5) is 9.89. The van der Waals surface area contributed by atoms with E-state index < -0.39 is 10.6 Å². The molecule has 82 valence electrons. The first-order valence-corrected chi connectivity index (χ1v) is 4.71. The molecule has 1 aromatic carbocycles. The van der Waals surface area contributed by atoms with Crippen LogP contribution in [0.2, 0.25) is 5.02 Å². The molecule has 0 saturated carbocycles. The first-order valence-electron chi connectivity index (χ1n) is 4.33. The lowest BCUT2D eigenvalue weighted by atomic mass is 10.1. The van der Waals surface area contributed by atoms with E-state index >= 15 is 0 Å². The Morgan fingerprint density at radius 2 is 2.27 bits per heavy atom. The molecule has 1 unspecified atom stereocenters. The average molecular weight is 231 g/mol. The van der Waals surface area contributed by atoms with E-state index in [1.165, 1.54) is 6.07 Å². The van der Waals surface area contributed by atoms with E-state index in [9.17, 15) is 15.2 Å². The molecular formula is C9H11ClN2O3. The molecule has 1 rings (SSSR count). The number of benzene rings is 1. The average Bonchev–Trinajstić information content (AvgIpc) is 2.09. The zero-order valence-electron chi connectivity index (χ0n) is 8.11. The molecule has 0 aromatic heterocycles. The molecule has 0 aliphatic heterocycles. The summed E-state index contributed by atoms with van der Waals surface area (Å²) < 4.78 is 0. The normalized spacial score (nSPS) is 12.5. The van der Waals surface area contributed by atoms with Gasteiger partial charge in [0.2, 0.25) is 0 Å². The lowest BCUT2D eigenvalue weighted by Gasteiger charge is -2.08. The van der Waals surface area contributed by atoms with Crippen LogP contribution in [0.15, 0.2) is 12.1 Å². The Kier molecular flexibility index (Phi) is 3.49. The van der Waals surface area contributed by atoms with Crippen molar-refractivity contribution in [2.45, 2.75) is 19.4 Å². The maximum Gasteiger partial charge on any atom is 0.312 e. The van der Waals surface area contributed by atoms with Gasteiger partial charge in [0, 0.05) is 22.7 Å². The van der Waals surface area contributed by atoms with Gasteiger partial charge in [-0.1, -0.05) is 11.6 Å². The minimum Gasteiger partial charge on any atom is -0.502 e. The van der Waals surface area contributed by atoms with Crippen LogP contribution in [-0.4, -0.2) is 16.1 Å². The zero-order chi connectivity index (χ0) is 11.6. The molecule has 0 aliphatic rings. The standard InChI is InChI=1S/C9H11ClN2O3/c1-5(11)2-6-3-7(10)4-8(9(6)13)12(14)15/h3-5,13H,2,11H2,1H3. The number of nitro groups is 1. The first kappa shape index (κ1) is 11.7. The summed E-state index contributed by atoms with van der Waals surface area (Å²) in [5.41, 5.74) is 5.55. The summed E-state index contributed by atoms with van der Waals surface area (Å²) >= 11 is 5.69. The Balaban J connectivity index is 3.22. The molecule has 3 N–H and O–H groups in total. The van der Waals surface area contributed by atoms with Crippen LogP contribution >= 0.6 is 11.6 Å². The number of rotatable bonds is 3. The molecule has 0 heterocycles. The van der Waals surface area contributed by atoms with Crippen LogP contribution in [0, 0.1) is 10.1 Å². The molecule has 0 fully saturated rings. The van der Waals surface area contributed by atoms with Gasteiger partial charge in [0.25, 0.3) is 0 Å². The van der Waals surface area contributed by atoms with E-state index in [1.54, 1.807) is 6.92 Å². The monoisotopic (exact) mass is 230 g/mol. The van der Waals surface area contributed by atoms with E-state index in [2.05, 4.69) is 0 Å². The van der Waals surface area contributed by atoms with Crippen molar-refractivity contribution in [3.63, 3.8) is 0 Å². The van der Waals surface area contributed by atoms with Crippen molar-refractivity contribution in [3.05, 3.63) is 32.8 Å². The van der Waals surface area contributed by atoms with Crippen LogP contribution < -0.4 is 5.73 Å². The minimum atomic E-state index is -0.675. The van der Waals surface area contributed by atoms with Gasteiger partial charge in [-0.25, -0.2) is 0 Å².